The predicted molar refractivity (Wildman–Crippen MR) is 144 cm³/mol. The highest BCUT2D eigenvalue weighted by Crippen LogP contribution is 2.28. The highest BCUT2D eigenvalue weighted by atomic mass is 16.6. The lowest BCUT2D eigenvalue weighted by Crippen LogP contribution is -2.18. The normalized spacial score (nSPS) is 11.2. The van der Waals surface area contributed by atoms with Gasteiger partial charge in [0.05, 0.1) is 22.5 Å². The van der Waals surface area contributed by atoms with Crippen molar-refractivity contribution >= 4 is 28.6 Å². The third-order valence-electron chi connectivity index (χ3n) is 6.08. The summed E-state index contributed by atoms with van der Waals surface area (Å²) in [6.07, 6.45) is 1.39. The molecule has 1 heterocycles. The maximum absolute atomic E-state index is 13.0. The van der Waals surface area contributed by atoms with Crippen molar-refractivity contribution in [3.8, 4) is 16.9 Å². The third kappa shape index (κ3) is 4.99. The van der Waals surface area contributed by atoms with E-state index in [0.717, 1.165) is 38.8 Å². The Kier molecular flexibility index (Phi) is 6.30. The van der Waals surface area contributed by atoms with E-state index in [1.165, 1.54) is 18.3 Å². The molecule has 0 saturated carbocycles. The average Bonchev–Trinajstić information content (AvgIpc) is 3.35. The average molecular weight is 490 g/mol. The van der Waals surface area contributed by atoms with Gasteiger partial charge in [-0.15, -0.1) is 0 Å². The van der Waals surface area contributed by atoms with Crippen LogP contribution < -0.4 is 5.43 Å². The number of hydrogen-bond donors (Lipinski definition) is 1. The van der Waals surface area contributed by atoms with E-state index < -0.39 is 10.8 Å². The molecule has 0 aliphatic carbocycles. The second-order valence-electron chi connectivity index (χ2n) is 8.72. The van der Waals surface area contributed by atoms with Crippen LogP contribution in [0.15, 0.2) is 96.1 Å². The van der Waals surface area contributed by atoms with E-state index in [4.69, 9.17) is 0 Å². The molecule has 0 radical (unpaired) electrons. The van der Waals surface area contributed by atoms with Crippen LogP contribution >= 0.6 is 0 Å². The molecule has 0 bridgehead atoms. The van der Waals surface area contributed by atoms with E-state index in [0.29, 0.717) is 5.56 Å². The predicted octanol–water partition coefficient (Wildman–Crippen LogP) is 5.98. The Hall–Kier alpha value is -5.11. The smallest absolute Gasteiger partial charge is 0.265 e. The van der Waals surface area contributed by atoms with Gasteiger partial charge in [0.15, 0.2) is 5.69 Å². The van der Waals surface area contributed by atoms with Crippen molar-refractivity contribution in [1.82, 2.24) is 15.2 Å². The van der Waals surface area contributed by atoms with Gasteiger partial charge < -0.3 is 0 Å². The minimum absolute atomic E-state index is 0.0460. The van der Waals surface area contributed by atoms with Crippen LogP contribution in [-0.2, 0) is 0 Å². The summed E-state index contributed by atoms with van der Waals surface area (Å²) in [4.78, 5) is 23.6. The first-order valence-electron chi connectivity index (χ1n) is 11.6. The van der Waals surface area contributed by atoms with Crippen LogP contribution in [-0.4, -0.2) is 26.8 Å². The Bertz CT molecular complexity index is 1690. The van der Waals surface area contributed by atoms with Crippen LogP contribution in [0.2, 0.25) is 0 Å². The Morgan fingerprint density at radius 2 is 1.76 bits per heavy atom. The quantitative estimate of drug-likeness (QED) is 0.180. The number of benzene rings is 4. The summed E-state index contributed by atoms with van der Waals surface area (Å²) in [5.74, 6) is -0.493. The second kappa shape index (κ2) is 9.87. The number of rotatable bonds is 6. The van der Waals surface area contributed by atoms with E-state index in [9.17, 15) is 14.9 Å². The van der Waals surface area contributed by atoms with Crippen LogP contribution in [0.4, 0.5) is 5.69 Å². The molecule has 0 aliphatic heterocycles. The lowest BCUT2D eigenvalue weighted by molar-refractivity contribution is -0.384. The fourth-order valence-electron chi connectivity index (χ4n) is 4.10. The maximum atomic E-state index is 13.0. The molecule has 8 heteroatoms. The number of hydrazone groups is 1. The Balaban J connectivity index is 1.49. The van der Waals surface area contributed by atoms with E-state index in [1.54, 1.807) is 16.8 Å². The van der Waals surface area contributed by atoms with Gasteiger partial charge in [0.25, 0.3) is 11.6 Å². The molecular formula is C29H23N5O3. The van der Waals surface area contributed by atoms with Crippen molar-refractivity contribution in [2.24, 2.45) is 5.10 Å². The summed E-state index contributed by atoms with van der Waals surface area (Å²) in [6, 6.07) is 28.3. The molecule has 5 rings (SSSR count). The largest absolute Gasteiger partial charge is 0.291 e. The number of aromatic nitrogens is 2. The van der Waals surface area contributed by atoms with Crippen LogP contribution in [0, 0.1) is 24.0 Å². The third-order valence-corrected chi connectivity index (χ3v) is 6.08. The SMILES string of the molecule is Cc1cccc(-n2nc(C(=O)N/N=C\c3cc([N+](=O)[O-])ccc3C)cc2-c2ccc3ccccc3c2)c1. The van der Waals surface area contributed by atoms with Gasteiger partial charge in [0.1, 0.15) is 0 Å². The summed E-state index contributed by atoms with van der Waals surface area (Å²) >= 11 is 0. The Morgan fingerprint density at radius 1 is 0.946 bits per heavy atom. The molecular weight excluding hydrogens is 466 g/mol. The molecule has 37 heavy (non-hydrogen) atoms. The number of carbonyl (C=O) groups excluding carboxylic acids is 1. The number of nitro benzene ring substituents is 1. The topological polar surface area (TPSA) is 102 Å². The standard InChI is InChI=1S/C29H23N5O3/c1-19-6-5-9-25(14-19)33-28(23-12-11-21-7-3-4-8-22(21)15-23)17-27(32-33)29(35)31-30-18-24-16-26(34(36)37)13-10-20(24)2/h3-18H,1-2H3,(H,31,35)/b30-18-. The zero-order chi connectivity index (χ0) is 25.9. The van der Waals surface area contributed by atoms with Crippen LogP contribution in [0.3, 0.4) is 0 Å². The molecule has 0 spiro atoms. The van der Waals surface area contributed by atoms with Gasteiger partial charge in [-0.1, -0.05) is 54.6 Å². The molecule has 5 aromatic rings. The van der Waals surface area contributed by atoms with Crippen molar-refractivity contribution in [1.29, 1.82) is 0 Å². The zero-order valence-electron chi connectivity index (χ0n) is 20.3. The highest BCUT2D eigenvalue weighted by Gasteiger charge is 2.17. The van der Waals surface area contributed by atoms with Gasteiger partial charge in [0.2, 0.25) is 0 Å². The van der Waals surface area contributed by atoms with Crippen molar-refractivity contribution < 1.29 is 9.72 Å². The monoisotopic (exact) mass is 489 g/mol. The number of fused-ring (bicyclic) bond motifs is 1. The number of non-ortho nitro benzene ring substituents is 1. The number of carbonyl (C=O) groups is 1. The van der Waals surface area contributed by atoms with Crippen LogP contribution in [0.1, 0.15) is 27.2 Å². The summed E-state index contributed by atoms with van der Waals surface area (Å²) in [6.45, 7) is 3.81. The van der Waals surface area contributed by atoms with E-state index in [1.807, 2.05) is 68.4 Å². The van der Waals surface area contributed by atoms with Crippen LogP contribution in [0.25, 0.3) is 27.7 Å². The number of nitrogens with one attached hydrogen (secondary N) is 1. The van der Waals surface area contributed by atoms with Crippen molar-refractivity contribution in [2.75, 3.05) is 0 Å². The molecule has 0 unspecified atom stereocenters. The van der Waals surface area contributed by atoms with E-state index in [-0.39, 0.29) is 11.4 Å². The van der Waals surface area contributed by atoms with Crippen molar-refractivity contribution in [2.45, 2.75) is 13.8 Å². The first-order valence-corrected chi connectivity index (χ1v) is 11.6. The lowest BCUT2D eigenvalue weighted by atomic mass is 10.0. The van der Waals surface area contributed by atoms with Gasteiger partial charge in [-0.25, -0.2) is 10.1 Å². The van der Waals surface area contributed by atoms with Gasteiger partial charge in [-0.05, 0) is 60.0 Å². The van der Waals surface area contributed by atoms with Gasteiger partial charge in [0, 0.05) is 23.3 Å². The summed E-state index contributed by atoms with van der Waals surface area (Å²) < 4.78 is 1.75. The van der Waals surface area contributed by atoms with Crippen LogP contribution in [0.5, 0.6) is 0 Å². The summed E-state index contributed by atoms with van der Waals surface area (Å²) in [5, 5.41) is 21.9. The Morgan fingerprint density at radius 3 is 2.54 bits per heavy atom. The van der Waals surface area contributed by atoms with Crippen molar-refractivity contribution in [3.05, 3.63) is 123 Å². The number of hydrogen-bond acceptors (Lipinski definition) is 5. The van der Waals surface area contributed by atoms with E-state index in [2.05, 4.69) is 27.8 Å². The number of nitro groups is 1. The minimum atomic E-state index is -0.493. The van der Waals surface area contributed by atoms with Gasteiger partial charge in [-0.3, -0.25) is 14.9 Å². The van der Waals surface area contributed by atoms with Gasteiger partial charge >= 0.3 is 0 Å². The molecule has 0 saturated heterocycles. The lowest BCUT2D eigenvalue weighted by Gasteiger charge is -2.09. The number of amides is 1. The first-order chi connectivity index (χ1) is 17.9. The molecule has 182 valence electrons. The summed E-state index contributed by atoms with van der Waals surface area (Å²) in [5.41, 5.74) is 7.56. The maximum Gasteiger partial charge on any atom is 0.291 e. The fourth-order valence-corrected chi connectivity index (χ4v) is 4.10. The summed E-state index contributed by atoms with van der Waals surface area (Å²) in [7, 11) is 0. The minimum Gasteiger partial charge on any atom is -0.265 e. The molecule has 1 N–H and O–H groups in total. The van der Waals surface area contributed by atoms with Gasteiger partial charge in [-0.2, -0.15) is 10.2 Å². The molecule has 0 fully saturated rings. The zero-order valence-corrected chi connectivity index (χ0v) is 20.3. The molecule has 1 aromatic heterocycles. The van der Waals surface area contributed by atoms with E-state index >= 15 is 0 Å². The molecule has 1 amide bonds. The molecule has 0 aliphatic rings. The first kappa shape index (κ1) is 23.6. The highest BCUT2D eigenvalue weighted by molar-refractivity contribution is 5.95. The second-order valence-corrected chi connectivity index (χ2v) is 8.72. The fraction of sp³-hybridized carbons (Fsp3) is 0.0690. The number of aryl methyl sites for hydroxylation is 2. The Labute approximate surface area is 213 Å². The molecule has 8 nitrogen and oxygen atoms in total. The molecule has 4 aromatic carbocycles. The number of nitrogens with zero attached hydrogens (tertiary/aromatic N) is 4. The van der Waals surface area contributed by atoms with Crippen molar-refractivity contribution in [3.63, 3.8) is 0 Å². The molecule has 0 atom stereocenters.